The number of para-hydroxylation sites is 1. The van der Waals surface area contributed by atoms with E-state index in [0.717, 1.165) is 34.3 Å². The van der Waals surface area contributed by atoms with Crippen molar-refractivity contribution >= 4 is 52.8 Å². The molecule has 6 nitrogen and oxygen atoms in total. The molecule has 0 aliphatic carbocycles. The molecule has 146 valence electrons. The summed E-state index contributed by atoms with van der Waals surface area (Å²) in [5.41, 5.74) is 3.88. The fraction of sp³-hybridized carbons (Fsp3) is 0.174. The molecule has 4 aromatic rings. The lowest BCUT2D eigenvalue weighted by Crippen LogP contribution is -2.14. The Morgan fingerprint density at radius 3 is 2.69 bits per heavy atom. The molecule has 4 rings (SSSR count). The fourth-order valence-electron chi connectivity index (χ4n) is 3.61. The number of aliphatic imine (C=N–C) groups is 2. The number of benzene rings is 1. The maximum atomic E-state index is 5.97. The average Bonchev–Trinajstić information content (AvgIpc) is 3.36. The molecular weight excluding hydrogens is 362 g/mol. The molecule has 29 heavy (non-hydrogen) atoms. The fourth-order valence-corrected chi connectivity index (χ4v) is 3.61. The van der Waals surface area contributed by atoms with Crippen LogP contribution in [-0.4, -0.2) is 32.7 Å². The van der Waals surface area contributed by atoms with Crippen molar-refractivity contribution in [1.82, 2.24) is 14.0 Å². The highest BCUT2D eigenvalue weighted by Gasteiger charge is 2.24. The van der Waals surface area contributed by atoms with Crippen LogP contribution in [0.2, 0.25) is 0 Å². The predicted octanol–water partition coefficient (Wildman–Crippen LogP) is 5.58. The number of hydrogen-bond donors (Lipinski definition) is 0. The van der Waals surface area contributed by atoms with Crippen LogP contribution < -0.4 is 0 Å². The highest BCUT2D eigenvalue weighted by molar-refractivity contribution is 6.05. The van der Waals surface area contributed by atoms with Gasteiger partial charge in [0.15, 0.2) is 0 Å². The Kier molecular flexibility index (Phi) is 4.76. The van der Waals surface area contributed by atoms with Gasteiger partial charge in [-0.15, -0.1) is 0 Å². The quantitative estimate of drug-likeness (QED) is 0.256. The molecule has 1 unspecified atom stereocenters. The average molecular weight is 385 g/mol. The molecule has 6 heteroatoms. The number of allylic oxidation sites excluding steroid dienone is 1. The van der Waals surface area contributed by atoms with Gasteiger partial charge in [0.1, 0.15) is 11.1 Å². The van der Waals surface area contributed by atoms with Crippen LogP contribution in [0.25, 0.3) is 40.1 Å². The van der Waals surface area contributed by atoms with Gasteiger partial charge in [0.05, 0.1) is 17.4 Å². The van der Waals surface area contributed by atoms with Gasteiger partial charge in [0.25, 0.3) is 0 Å². The second-order valence-corrected chi connectivity index (χ2v) is 6.75. The zero-order valence-electron chi connectivity index (χ0n) is 16.7. The van der Waals surface area contributed by atoms with Gasteiger partial charge in [-0.2, -0.15) is 4.98 Å². The Labute approximate surface area is 168 Å². The third-order valence-corrected chi connectivity index (χ3v) is 4.90. The highest BCUT2D eigenvalue weighted by Crippen LogP contribution is 2.33. The van der Waals surface area contributed by atoms with Crippen molar-refractivity contribution in [2.24, 2.45) is 9.98 Å². The van der Waals surface area contributed by atoms with Crippen LogP contribution in [0.3, 0.4) is 0 Å². The smallest absolute Gasteiger partial charge is 0.248 e. The lowest BCUT2D eigenvalue weighted by molar-refractivity contribution is 0.656. The summed E-state index contributed by atoms with van der Waals surface area (Å²) in [5, 5.41) is 0.984. The largest absolute Gasteiger partial charge is 0.436 e. The number of aromatic nitrogens is 3. The van der Waals surface area contributed by atoms with E-state index in [4.69, 9.17) is 14.4 Å². The molecule has 0 saturated heterocycles. The summed E-state index contributed by atoms with van der Waals surface area (Å²) >= 11 is 0. The second kappa shape index (κ2) is 7.39. The molecular formula is C23H23N5O. The van der Waals surface area contributed by atoms with Crippen LogP contribution in [0.1, 0.15) is 31.7 Å². The van der Waals surface area contributed by atoms with Crippen molar-refractivity contribution in [1.29, 1.82) is 0 Å². The van der Waals surface area contributed by atoms with Crippen LogP contribution >= 0.6 is 0 Å². The first kappa shape index (κ1) is 18.7. The van der Waals surface area contributed by atoms with E-state index in [1.165, 1.54) is 0 Å². The summed E-state index contributed by atoms with van der Waals surface area (Å²) in [5.74, 6) is 1.10. The van der Waals surface area contributed by atoms with E-state index in [0.29, 0.717) is 17.5 Å². The molecule has 3 heterocycles. The van der Waals surface area contributed by atoms with Gasteiger partial charge in [-0.05, 0) is 51.3 Å². The van der Waals surface area contributed by atoms with Crippen LogP contribution in [0, 0.1) is 0 Å². The third kappa shape index (κ3) is 2.84. The normalized spacial score (nSPS) is 13.7. The minimum Gasteiger partial charge on any atom is -0.436 e. The van der Waals surface area contributed by atoms with Gasteiger partial charge in [-0.3, -0.25) is 4.40 Å². The van der Waals surface area contributed by atoms with Crippen LogP contribution in [0.15, 0.2) is 64.0 Å². The molecule has 0 saturated carbocycles. The van der Waals surface area contributed by atoms with Crippen molar-refractivity contribution in [2.75, 3.05) is 0 Å². The molecule has 0 radical (unpaired) electrons. The second-order valence-electron chi connectivity index (χ2n) is 6.75. The molecule has 0 fully saturated rings. The molecule has 0 spiro atoms. The van der Waals surface area contributed by atoms with Crippen LogP contribution in [0.4, 0.5) is 0 Å². The summed E-state index contributed by atoms with van der Waals surface area (Å²) < 4.78 is 9.84. The van der Waals surface area contributed by atoms with Gasteiger partial charge < -0.3 is 4.42 Å². The lowest BCUT2D eigenvalue weighted by Gasteiger charge is -2.09. The van der Waals surface area contributed by atoms with E-state index in [-0.39, 0.29) is 6.04 Å². The Morgan fingerprint density at radius 1 is 1.24 bits per heavy atom. The topological polar surface area (TPSA) is 60.1 Å². The number of nitrogens with zero attached hydrogens (tertiary/aromatic N) is 5. The molecule has 1 aromatic carbocycles. The number of fused-ring (bicyclic) bond motifs is 5. The van der Waals surface area contributed by atoms with Crippen molar-refractivity contribution in [3.8, 4) is 0 Å². The van der Waals surface area contributed by atoms with Gasteiger partial charge in [-0.25, -0.2) is 14.6 Å². The van der Waals surface area contributed by atoms with Gasteiger partial charge in [-0.1, -0.05) is 37.4 Å². The van der Waals surface area contributed by atoms with Crippen LogP contribution in [-0.2, 0) is 0 Å². The Balaban J connectivity index is 2.07. The first-order valence-electron chi connectivity index (χ1n) is 9.49. The number of rotatable bonds is 5. The minimum absolute atomic E-state index is 0.0396. The van der Waals surface area contributed by atoms with Crippen molar-refractivity contribution in [3.63, 3.8) is 0 Å². The number of furan rings is 1. The van der Waals surface area contributed by atoms with E-state index in [2.05, 4.69) is 30.9 Å². The van der Waals surface area contributed by atoms with E-state index in [9.17, 15) is 0 Å². The predicted molar refractivity (Wildman–Crippen MR) is 122 cm³/mol. The number of hydrogen-bond acceptors (Lipinski definition) is 3. The maximum absolute atomic E-state index is 5.97. The number of imidazole rings is 2. The Morgan fingerprint density at radius 2 is 2.00 bits per heavy atom. The van der Waals surface area contributed by atoms with E-state index in [1.54, 1.807) is 12.2 Å². The molecule has 0 bridgehead atoms. The first-order chi connectivity index (χ1) is 14.1. The molecule has 0 amide bonds. The lowest BCUT2D eigenvalue weighted by atomic mass is 10.2. The molecule has 0 aliphatic heterocycles. The summed E-state index contributed by atoms with van der Waals surface area (Å²) in [6.45, 7) is 15.8. The molecule has 0 aliphatic rings. The Hall–Kier alpha value is -3.67. The van der Waals surface area contributed by atoms with Crippen molar-refractivity contribution < 1.29 is 4.42 Å². The molecule has 3 aromatic heterocycles. The summed E-state index contributed by atoms with van der Waals surface area (Å²) in [6.07, 6.45) is 8.45. The van der Waals surface area contributed by atoms with Gasteiger partial charge >= 0.3 is 0 Å². The maximum Gasteiger partial charge on any atom is 0.248 e. The van der Waals surface area contributed by atoms with Crippen LogP contribution in [0.5, 0.6) is 0 Å². The SMILES string of the molecule is C=Cc1c(C=C)n2c3c(nc2n1C(N=C)=NC(C)C/C=C\C)oc1ccccc13. The van der Waals surface area contributed by atoms with Gasteiger partial charge in [0.2, 0.25) is 17.5 Å². The zero-order valence-corrected chi connectivity index (χ0v) is 16.7. The van der Waals surface area contributed by atoms with E-state index >= 15 is 0 Å². The monoisotopic (exact) mass is 385 g/mol. The third-order valence-electron chi connectivity index (χ3n) is 4.90. The van der Waals surface area contributed by atoms with E-state index < -0.39 is 0 Å². The standard InChI is InChI=1S/C23H23N5O/c1-6-9-12-15(4)25-22(24-5)28-18(8-3)17(7-2)27-20-16-13-10-11-14-19(16)29-21(20)26-23(27)28/h6-11,13-15H,2-3,5,12H2,1,4H3/b9-6-,25-22?. The minimum atomic E-state index is 0.0396. The van der Waals surface area contributed by atoms with Gasteiger partial charge in [0, 0.05) is 5.39 Å². The molecule has 1 atom stereocenters. The first-order valence-corrected chi connectivity index (χ1v) is 9.49. The summed E-state index contributed by atoms with van der Waals surface area (Å²) in [7, 11) is 0. The summed E-state index contributed by atoms with van der Waals surface area (Å²) in [6, 6.07) is 7.92. The molecule has 0 N–H and O–H groups in total. The highest BCUT2D eigenvalue weighted by atomic mass is 16.3. The zero-order chi connectivity index (χ0) is 20.5. The van der Waals surface area contributed by atoms with Crippen molar-refractivity contribution in [3.05, 3.63) is 61.0 Å². The van der Waals surface area contributed by atoms with E-state index in [1.807, 2.05) is 53.2 Å². The Bertz CT molecular complexity index is 1310. The summed E-state index contributed by atoms with van der Waals surface area (Å²) in [4.78, 5) is 13.7. The van der Waals surface area contributed by atoms with Crippen molar-refractivity contribution in [2.45, 2.75) is 26.3 Å².